The average molecular weight is 740 g/mol. The Labute approximate surface area is 328 Å². The van der Waals surface area contributed by atoms with Gasteiger partial charge in [-0.25, -0.2) is 0 Å². The number of carbonyl (C=O) groups excluding carboxylic acids is 1. The molecule has 0 aromatic heterocycles. The fourth-order valence-corrected chi connectivity index (χ4v) is 7.75. The zero-order valence-corrected chi connectivity index (χ0v) is 35.4. The van der Waals surface area contributed by atoms with Crippen molar-refractivity contribution in [2.45, 2.75) is 231 Å². The smallest absolute Gasteiger partial charge is 0.306 e. The highest BCUT2D eigenvalue weighted by Gasteiger charge is 2.52. The van der Waals surface area contributed by atoms with E-state index in [1.165, 1.54) is 128 Å². The standard InChI is InChI=1S/C48H85NO4/c1-5-7-9-11-13-15-17-19-21-23-25-27-29-31-33-35-39-48(40-36-34-32-30-28-26-24-22-20-18-16-14-12-10-8-6-2)52-45-42-44(43-46(45)53-48)51-47(50)38-37-41-49(3)4/h13-16,19-22,44-46H,5-12,17-18,23-43H2,1-4H3/b15-13-,16-14-,21-19-,22-20-/t44-,45+,46-. The van der Waals surface area contributed by atoms with Gasteiger partial charge < -0.3 is 19.1 Å². The van der Waals surface area contributed by atoms with E-state index in [2.05, 4.69) is 67.4 Å². The topological polar surface area (TPSA) is 48.0 Å². The van der Waals surface area contributed by atoms with Crippen LogP contribution in [0.4, 0.5) is 0 Å². The maximum Gasteiger partial charge on any atom is 0.306 e. The molecule has 306 valence electrons. The maximum absolute atomic E-state index is 12.4. The van der Waals surface area contributed by atoms with Gasteiger partial charge in [0.1, 0.15) is 6.10 Å². The number of hydrogen-bond donors (Lipinski definition) is 0. The summed E-state index contributed by atoms with van der Waals surface area (Å²) in [7, 11) is 4.08. The van der Waals surface area contributed by atoms with Crippen molar-refractivity contribution in [2.24, 2.45) is 0 Å². The molecule has 0 spiro atoms. The minimum atomic E-state index is -0.444. The predicted molar refractivity (Wildman–Crippen MR) is 227 cm³/mol. The van der Waals surface area contributed by atoms with Crippen molar-refractivity contribution in [2.75, 3.05) is 20.6 Å². The Morgan fingerprint density at radius 3 is 1.38 bits per heavy atom. The summed E-state index contributed by atoms with van der Waals surface area (Å²) >= 11 is 0. The monoisotopic (exact) mass is 740 g/mol. The van der Waals surface area contributed by atoms with E-state index >= 15 is 0 Å². The molecule has 1 saturated heterocycles. The third-order valence-electron chi connectivity index (χ3n) is 10.9. The van der Waals surface area contributed by atoms with Crippen molar-refractivity contribution in [3.8, 4) is 0 Å². The summed E-state index contributed by atoms with van der Waals surface area (Å²) in [5.74, 6) is -0.522. The number of esters is 1. The SMILES string of the molecule is CCCCC/C=C\C/C=C\CCCCCCCCC1(CCCCCCCC/C=C\C/C=C\CCCCC)O[C@H]2C[C@@H](OC(=O)CCCN(C)C)C[C@H]2O1. The lowest BCUT2D eigenvalue weighted by atomic mass is 9.98. The lowest BCUT2D eigenvalue weighted by molar-refractivity contribution is -0.196. The number of nitrogens with zero attached hydrogens (tertiary/aromatic N) is 1. The third-order valence-corrected chi connectivity index (χ3v) is 10.9. The summed E-state index contributed by atoms with van der Waals surface area (Å²) in [5, 5.41) is 0. The summed E-state index contributed by atoms with van der Waals surface area (Å²) in [6, 6.07) is 0. The quantitative estimate of drug-likeness (QED) is 0.0368. The van der Waals surface area contributed by atoms with Crippen LogP contribution in [0.1, 0.15) is 206 Å². The zero-order valence-electron chi connectivity index (χ0n) is 35.4. The van der Waals surface area contributed by atoms with Crippen LogP contribution in [0.5, 0.6) is 0 Å². The number of fused-ring (bicyclic) bond motifs is 1. The van der Waals surface area contributed by atoms with Gasteiger partial charge in [0.2, 0.25) is 0 Å². The minimum absolute atomic E-state index is 0.0591. The van der Waals surface area contributed by atoms with Crippen LogP contribution in [0, 0.1) is 0 Å². The number of carbonyl (C=O) groups is 1. The van der Waals surface area contributed by atoms with Crippen LogP contribution in [0.15, 0.2) is 48.6 Å². The molecule has 1 saturated carbocycles. The molecule has 5 heteroatoms. The summed E-state index contributed by atoms with van der Waals surface area (Å²) < 4.78 is 19.5. The van der Waals surface area contributed by atoms with Gasteiger partial charge in [0, 0.05) is 32.1 Å². The maximum atomic E-state index is 12.4. The van der Waals surface area contributed by atoms with Crippen LogP contribution in [-0.2, 0) is 19.0 Å². The first kappa shape index (κ1) is 47.5. The van der Waals surface area contributed by atoms with Crippen molar-refractivity contribution in [1.29, 1.82) is 0 Å². The van der Waals surface area contributed by atoms with E-state index in [9.17, 15) is 4.79 Å². The van der Waals surface area contributed by atoms with Gasteiger partial charge in [-0.3, -0.25) is 4.79 Å². The number of hydrogen-bond acceptors (Lipinski definition) is 5. The molecular formula is C48H85NO4. The molecule has 2 aliphatic rings. The molecule has 1 heterocycles. The first-order chi connectivity index (χ1) is 26.0. The molecular weight excluding hydrogens is 655 g/mol. The highest BCUT2D eigenvalue weighted by molar-refractivity contribution is 5.69. The van der Waals surface area contributed by atoms with Crippen LogP contribution < -0.4 is 0 Å². The Morgan fingerprint density at radius 1 is 0.566 bits per heavy atom. The molecule has 3 atom stereocenters. The Hall–Kier alpha value is -1.69. The Balaban J connectivity index is 1.65. The summed E-state index contributed by atoms with van der Waals surface area (Å²) in [4.78, 5) is 14.6. The predicted octanol–water partition coefficient (Wildman–Crippen LogP) is 13.9. The molecule has 2 rings (SSSR count). The summed E-state index contributed by atoms with van der Waals surface area (Å²) in [5.41, 5.74) is 0. The van der Waals surface area contributed by atoms with E-state index < -0.39 is 5.79 Å². The van der Waals surface area contributed by atoms with Crippen LogP contribution in [0.2, 0.25) is 0 Å². The summed E-state index contributed by atoms with van der Waals surface area (Å²) in [6.07, 6.45) is 53.9. The highest BCUT2D eigenvalue weighted by Crippen LogP contribution is 2.44. The molecule has 0 unspecified atom stereocenters. The van der Waals surface area contributed by atoms with E-state index in [4.69, 9.17) is 14.2 Å². The zero-order chi connectivity index (χ0) is 38.1. The summed E-state index contributed by atoms with van der Waals surface area (Å²) in [6.45, 7) is 5.43. The Morgan fingerprint density at radius 2 is 0.962 bits per heavy atom. The van der Waals surface area contributed by atoms with Crippen LogP contribution >= 0.6 is 0 Å². The fourth-order valence-electron chi connectivity index (χ4n) is 7.75. The molecule has 0 radical (unpaired) electrons. The van der Waals surface area contributed by atoms with Crippen LogP contribution in [0.25, 0.3) is 0 Å². The molecule has 0 N–H and O–H groups in total. The fraction of sp³-hybridized carbons (Fsp3) is 0.812. The second-order valence-electron chi connectivity index (χ2n) is 16.4. The number of rotatable bonds is 35. The van der Waals surface area contributed by atoms with Crippen molar-refractivity contribution in [1.82, 2.24) is 4.90 Å². The van der Waals surface area contributed by atoms with E-state index in [0.717, 1.165) is 64.3 Å². The minimum Gasteiger partial charge on any atom is -0.462 e. The molecule has 1 aliphatic heterocycles. The van der Waals surface area contributed by atoms with Gasteiger partial charge in [-0.2, -0.15) is 0 Å². The van der Waals surface area contributed by atoms with Gasteiger partial charge in [-0.1, -0.05) is 140 Å². The Kier molecular flexibility index (Phi) is 29.1. The van der Waals surface area contributed by atoms with E-state index in [1.54, 1.807) is 0 Å². The number of unbranched alkanes of at least 4 members (excludes halogenated alkanes) is 18. The van der Waals surface area contributed by atoms with Crippen molar-refractivity contribution in [3.05, 3.63) is 48.6 Å². The molecule has 0 bridgehead atoms. The van der Waals surface area contributed by atoms with Gasteiger partial charge in [-0.15, -0.1) is 0 Å². The third kappa shape index (κ3) is 25.2. The van der Waals surface area contributed by atoms with Crippen LogP contribution in [0.3, 0.4) is 0 Å². The van der Waals surface area contributed by atoms with Gasteiger partial charge in [0.05, 0.1) is 12.2 Å². The first-order valence-corrected chi connectivity index (χ1v) is 22.8. The lowest BCUT2D eigenvalue weighted by Gasteiger charge is -2.30. The van der Waals surface area contributed by atoms with E-state index in [1.807, 2.05) is 14.1 Å². The molecule has 5 nitrogen and oxygen atoms in total. The van der Waals surface area contributed by atoms with Gasteiger partial charge in [0.25, 0.3) is 0 Å². The Bertz CT molecular complexity index is 920. The first-order valence-electron chi connectivity index (χ1n) is 22.8. The van der Waals surface area contributed by atoms with Crippen molar-refractivity contribution in [3.63, 3.8) is 0 Å². The molecule has 53 heavy (non-hydrogen) atoms. The van der Waals surface area contributed by atoms with E-state index in [0.29, 0.717) is 6.42 Å². The molecule has 0 aromatic rings. The largest absolute Gasteiger partial charge is 0.462 e. The second-order valence-corrected chi connectivity index (χ2v) is 16.4. The average Bonchev–Trinajstić information content (AvgIpc) is 3.66. The lowest BCUT2D eigenvalue weighted by Crippen LogP contribution is -2.33. The van der Waals surface area contributed by atoms with E-state index in [-0.39, 0.29) is 24.3 Å². The van der Waals surface area contributed by atoms with Gasteiger partial charge in [-0.05, 0) is 104 Å². The molecule has 0 amide bonds. The van der Waals surface area contributed by atoms with Crippen LogP contribution in [-0.4, -0.2) is 55.6 Å². The van der Waals surface area contributed by atoms with Crippen molar-refractivity contribution >= 4 is 5.97 Å². The van der Waals surface area contributed by atoms with Gasteiger partial charge >= 0.3 is 5.97 Å². The molecule has 2 fully saturated rings. The highest BCUT2D eigenvalue weighted by atomic mass is 16.8. The number of allylic oxidation sites excluding steroid dienone is 8. The second kappa shape index (κ2) is 32.5. The molecule has 1 aliphatic carbocycles. The van der Waals surface area contributed by atoms with Gasteiger partial charge in [0.15, 0.2) is 5.79 Å². The van der Waals surface area contributed by atoms with Crippen molar-refractivity contribution < 1.29 is 19.0 Å². The normalized spacial score (nSPS) is 20.0. The molecule has 0 aromatic carbocycles. The number of ether oxygens (including phenoxy) is 3.